The van der Waals surface area contributed by atoms with Crippen LogP contribution in [0.25, 0.3) is 0 Å². The van der Waals surface area contributed by atoms with E-state index < -0.39 is 16.1 Å². The predicted molar refractivity (Wildman–Crippen MR) is 96.9 cm³/mol. The first-order valence-corrected chi connectivity index (χ1v) is 10.1. The molecule has 1 saturated heterocycles. The van der Waals surface area contributed by atoms with Gasteiger partial charge >= 0.3 is 0 Å². The summed E-state index contributed by atoms with van der Waals surface area (Å²) in [7, 11) is -2.11. The molecule has 1 atom stereocenters. The van der Waals surface area contributed by atoms with Gasteiger partial charge in [0.1, 0.15) is 0 Å². The molecule has 0 bridgehead atoms. The topological polar surface area (TPSA) is 120 Å². The van der Waals surface area contributed by atoms with Gasteiger partial charge in [0.2, 0.25) is 15.9 Å². The maximum atomic E-state index is 12.3. The minimum absolute atomic E-state index is 0.112. The largest absolute Gasteiger partial charge is 0.383 e. The number of benzene rings is 1. The van der Waals surface area contributed by atoms with Crippen molar-refractivity contribution in [2.75, 3.05) is 33.5 Å². The van der Waals surface area contributed by atoms with Crippen molar-refractivity contribution in [3.05, 3.63) is 29.8 Å². The van der Waals surface area contributed by atoms with E-state index in [0.717, 1.165) is 12.8 Å². The van der Waals surface area contributed by atoms with Gasteiger partial charge in [0.25, 0.3) is 0 Å². The van der Waals surface area contributed by atoms with E-state index in [1.165, 1.54) is 19.2 Å². The second kappa shape index (κ2) is 9.98. The first-order valence-electron chi connectivity index (χ1n) is 8.62. The summed E-state index contributed by atoms with van der Waals surface area (Å²) in [5, 5.41) is 2.79. The monoisotopic (exact) mass is 385 g/mol. The maximum Gasteiger partial charge on any atom is 0.240 e. The minimum Gasteiger partial charge on any atom is -0.383 e. The van der Waals surface area contributed by atoms with Gasteiger partial charge in [-0.1, -0.05) is 12.1 Å². The van der Waals surface area contributed by atoms with Crippen molar-refractivity contribution < 1.29 is 22.7 Å². The molecule has 0 saturated carbocycles. The zero-order valence-corrected chi connectivity index (χ0v) is 15.8. The van der Waals surface area contributed by atoms with Gasteiger partial charge < -0.3 is 20.5 Å². The van der Waals surface area contributed by atoms with Crippen LogP contribution in [0.1, 0.15) is 18.4 Å². The van der Waals surface area contributed by atoms with E-state index >= 15 is 0 Å². The lowest BCUT2D eigenvalue weighted by molar-refractivity contribution is -0.124. The number of nitrogens with one attached hydrogen (secondary N) is 2. The second-order valence-electron chi connectivity index (χ2n) is 6.23. The average Bonchev–Trinajstić information content (AvgIpc) is 2.66. The standard InChI is InChI=1S/C17H27N3O5S/c1-24-10-7-20-26(22,23)15-4-2-3-13(11-15)12-19-17(21)16(18)14-5-8-25-9-6-14/h2-4,11,14,16,20H,5-10,12,18H2,1H3,(H,19,21). The van der Waals surface area contributed by atoms with Gasteiger partial charge in [-0.2, -0.15) is 0 Å². The third-order valence-electron chi connectivity index (χ3n) is 4.35. The fourth-order valence-electron chi connectivity index (χ4n) is 2.78. The molecule has 8 nitrogen and oxygen atoms in total. The van der Waals surface area contributed by atoms with E-state index in [1.54, 1.807) is 12.1 Å². The summed E-state index contributed by atoms with van der Waals surface area (Å²) in [5.41, 5.74) is 6.73. The Morgan fingerprint density at radius 3 is 2.81 bits per heavy atom. The first kappa shape index (κ1) is 20.8. The van der Waals surface area contributed by atoms with Crippen molar-refractivity contribution in [3.8, 4) is 0 Å². The van der Waals surface area contributed by atoms with E-state index in [2.05, 4.69) is 10.0 Å². The Morgan fingerprint density at radius 2 is 2.12 bits per heavy atom. The molecule has 4 N–H and O–H groups in total. The highest BCUT2D eigenvalue weighted by atomic mass is 32.2. The number of amides is 1. The van der Waals surface area contributed by atoms with Crippen molar-refractivity contribution in [1.82, 2.24) is 10.0 Å². The predicted octanol–water partition coefficient (Wildman–Crippen LogP) is -0.0186. The van der Waals surface area contributed by atoms with Crippen molar-refractivity contribution in [2.24, 2.45) is 11.7 Å². The van der Waals surface area contributed by atoms with Gasteiger partial charge in [-0.25, -0.2) is 13.1 Å². The molecule has 0 aromatic heterocycles. The van der Waals surface area contributed by atoms with Crippen LogP contribution in [-0.2, 0) is 30.8 Å². The summed E-state index contributed by atoms with van der Waals surface area (Å²) < 4.78 is 37.0. The third-order valence-corrected chi connectivity index (χ3v) is 5.81. The van der Waals surface area contributed by atoms with Crippen LogP contribution in [-0.4, -0.2) is 53.8 Å². The van der Waals surface area contributed by atoms with Crippen LogP contribution < -0.4 is 15.8 Å². The zero-order valence-electron chi connectivity index (χ0n) is 14.9. The third kappa shape index (κ3) is 6.03. The van der Waals surface area contributed by atoms with E-state index in [9.17, 15) is 13.2 Å². The van der Waals surface area contributed by atoms with Gasteiger partial charge in [0.15, 0.2) is 0 Å². The number of rotatable bonds is 9. The molecule has 1 heterocycles. The minimum atomic E-state index is -3.61. The number of methoxy groups -OCH3 is 1. The summed E-state index contributed by atoms with van der Waals surface area (Å²) >= 11 is 0. The Bertz CT molecular complexity index is 689. The van der Waals surface area contributed by atoms with E-state index in [-0.39, 0.29) is 29.8 Å². The highest BCUT2D eigenvalue weighted by Gasteiger charge is 2.26. The lowest BCUT2D eigenvalue weighted by Crippen LogP contribution is -2.46. The van der Waals surface area contributed by atoms with E-state index in [4.69, 9.17) is 15.2 Å². The zero-order chi connectivity index (χ0) is 19.0. The van der Waals surface area contributed by atoms with Gasteiger partial charge in [-0.05, 0) is 36.5 Å². The van der Waals surface area contributed by atoms with Crippen LogP contribution >= 0.6 is 0 Å². The summed E-state index contributed by atoms with van der Waals surface area (Å²) in [6.07, 6.45) is 1.55. The van der Waals surface area contributed by atoms with Crippen molar-refractivity contribution in [2.45, 2.75) is 30.3 Å². The van der Waals surface area contributed by atoms with Crippen LogP contribution in [0.5, 0.6) is 0 Å². The number of sulfonamides is 1. The SMILES string of the molecule is COCCNS(=O)(=O)c1cccc(CNC(=O)C(N)C2CCOCC2)c1. The number of carbonyl (C=O) groups excluding carboxylic acids is 1. The quantitative estimate of drug-likeness (QED) is 0.514. The highest BCUT2D eigenvalue weighted by Crippen LogP contribution is 2.18. The van der Waals surface area contributed by atoms with Crippen molar-refractivity contribution in [1.29, 1.82) is 0 Å². The molecule has 1 aliphatic heterocycles. The summed E-state index contributed by atoms with van der Waals surface area (Å²) in [6.45, 7) is 1.96. The molecule has 0 aliphatic carbocycles. The first-order chi connectivity index (χ1) is 12.4. The lowest BCUT2D eigenvalue weighted by Gasteiger charge is -2.26. The molecule has 1 aromatic rings. The van der Waals surface area contributed by atoms with Crippen LogP contribution in [0.3, 0.4) is 0 Å². The Hall–Kier alpha value is -1.52. The summed E-state index contributed by atoms with van der Waals surface area (Å²) in [6, 6.07) is 5.87. The molecule has 1 aliphatic rings. The molecule has 2 rings (SSSR count). The molecule has 1 amide bonds. The van der Waals surface area contributed by atoms with E-state index in [0.29, 0.717) is 25.4 Å². The summed E-state index contributed by atoms with van der Waals surface area (Å²) in [4.78, 5) is 12.4. The number of hydrogen-bond donors (Lipinski definition) is 3. The smallest absolute Gasteiger partial charge is 0.240 e. The number of hydrogen-bond acceptors (Lipinski definition) is 6. The van der Waals surface area contributed by atoms with Gasteiger partial charge in [0, 0.05) is 33.4 Å². The normalized spacial score (nSPS) is 17.0. The molecule has 9 heteroatoms. The van der Waals surface area contributed by atoms with Gasteiger partial charge in [-0.15, -0.1) is 0 Å². The molecule has 0 spiro atoms. The number of nitrogens with two attached hydrogens (primary N) is 1. The Kier molecular flexibility index (Phi) is 7.98. The summed E-state index contributed by atoms with van der Waals surface area (Å²) in [5.74, 6) is -0.121. The average molecular weight is 385 g/mol. The Balaban J connectivity index is 1.92. The van der Waals surface area contributed by atoms with Crippen LogP contribution in [0.15, 0.2) is 29.2 Å². The van der Waals surface area contributed by atoms with Crippen LogP contribution in [0, 0.1) is 5.92 Å². The van der Waals surface area contributed by atoms with Crippen LogP contribution in [0.2, 0.25) is 0 Å². The molecule has 26 heavy (non-hydrogen) atoms. The van der Waals surface area contributed by atoms with E-state index in [1.807, 2.05) is 0 Å². The van der Waals surface area contributed by atoms with Crippen molar-refractivity contribution in [3.63, 3.8) is 0 Å². The maximum absolute atomic E-state index is 12.3. The lowest BCUT2D eigenvalue weighted by atomic mass is 9.92. The molecule has 0 radical (unpaired) electrons. The fourth-order valence-corrected chi connectivity index (χ4v) is 3.86. The second-order valence-corrected chi connectivity index (χ2v) is 8.00. The molecule has 1 aromatic carbocycles. The highest BCUT2D eigenvalue weighted by molar-refractivity contribution is 7.89. The van der Waals surface area contributed by atoms with Gasteiger partial charge in [-0.3, -0.25) is 4.79 Å². The molecule has 1 fully saturated rings. The van der Waals surface area contributed by atoms with Crippen LogP contribution in [0.4, 0.5) is 0 Å². The number of carbonyl (C=O) groups is 1. The van der Waals surface area contributed by atoms with Gasteiger partial charge in [0.05, 0.1) is 17.5 Å². The molecule has 1 unspecified atom stereocenters. The molecular formula is C17H27N3O5S. The van der Waals surface area contributed by atoms with Crippen molar-refractivity contribution >= 4 is 15.9 Å². The Morgan fingerprint density at radius 1 is 1.38 bits per heavy atom. The molecule has 146 valence electrons. The Labute approximate surface area is 154 Å². The number of ether oxygens (including phenoxy) is 2. The molecular weight excluding hydrogens is 358 g/mol. The fraction of sp³-hybridized carbons (Fsp3) is 0.588.